The number of tetrazole rings is 1. The predicted molar refractivity (Wildman–Crippen MR) is 103 cm³/mol. The van der Waals surface area contributed by atoms with Gasteiger partial charge in [-0.05, 0) is 61.0 Å². The molecule has 0 bridgehead atoms. The van der Waals surface area contributed by atoms with Gasteiger partial charge in [-0.3, -0.25) is 0 Å². The van der Waals surface area contributed by atoms with Crippen LogP contribution in [0.2, 0.25) is 0 Å². The number of hydrogen-bond donors (Lipinski definition) is 2. The van der Waals surface area contributed by atoms with E-state index in [1.165, 1.54) is 0 Å². The average molecular weight is 352 g/mol. The SMILES string of the molecule is CCC(C)Nc1cccc(OCNc2cccc(-n3nnnc3C)c2)c1. The first-order valence-corrected chi connectivity index (χ1v) is 8.74. The minimum Gasteiger partial charge on any atom is -0.473 e. The van der Waals surface area contributed by atoms with Crippen LogP contribution in [-0.4, -0.2) is 33.0 Å². The maximum absolute atomic E-state index is 5.82. The first kappa shape index (κ1) is 17.7. The Morgan fingerprint density at radius 3 is 2.69 bits per heavy atom. The zero-order valence-electron chi connectivity index (χ0n) is 15.3. The predicted octanol–water partition coefficient (Wildman–Crippen LogP) is 3.63. The average Bonchev–Trinajstić information content (AvgIpc) is 3.08. The van der Waals surface area contributed by atoms with Crippen molar-refractivity contribution in [2.24, 2.45) is 0 Å². The third kappa shape index (κ3) is 4.50. The van der Waals surface area contributed by atoms with Crippen LogP contribution in [0.1, 0.15) is 26.1 Å². The Bertz CT molecular complexity index is 847. The molecule has 0 saturated carbocycles. The minimum atomic E-state index is 0.366. The van der Waals surface area contributed by atoms with Crippen molar-refractivity contribution in [3.05, 3.63) is 54.4 Å². The largest absolute Gasteiger partial charge is 0.473 e. The highest BCUT2D eigenvalue weighted by atomic mass is 16.5. The van der Waals surface area contributed by atoms with Crippen molar-refractivity contribution < 1.29 is 4.74 Å². The summed E-state index contributed by atoms with van der Waals surface area (Å²) in [7, 11) is 0. The van der Waals surface area contributed by atoms with Crippen LogP contribution < -0.4 is 15.4 Å². The summed E-state index contributed by atoms with van der Waals surface area (Å²) in [6.07, 6.45) is 1.07. The molecule has 0 aliphatic rings. The lowest BCUT2D eigenvalue weighted by atomic mass is 10.2. The van der Waals surface area contributed by atoms with E-state index in [2.05, 4.69) is 40.0 Å². The number of nitrogens with one attached hydrogen (secondary N) is 2. The number of benzene rings is 2. The Hall–Kier alpha value is -3.09. The summed E-state index contributed by atoms with van der Waals surface area (Å²) in [4.78, 5) is 0. The van der Waals surface area contributed by atoms with Gasteiger partial charge in [-0.25, -0.2) is 0 Å². The lowest BCUT2D eigenvalue weighted by molar-refractivity contribution is 0.347. The molecule has 26 heavy (non-hydrogen) atoms. The molecule has 0 amide bonds. The molecule has 2 N–H and O–H groups in total. The van der Waals surface area contributed by atoms with Crippen molar-refractivity contribution in [1.29, 1.82) is 0 Å². The van der Waals surface area contributed by atoms with Gasteiger partial charge in [-0.2, -0.15) is 4.68 Å². The Morgan fingerprint density at radius 2 is 1.92 bits per heavy atom. The van der Waals surface area contributed by atoms with Gasteiger partial charge >= 0.3 is 0 Å². The normalized spacial score (nSPS) is 11.8. The molecule has 7 nitrogen and oxygen atoms in total. The van der Waals surface area contributed by atoms with Crippen LogP contribution >= 0.6 is 0 Å². The van der Waals surface area contributed by atoms with Crippen LogP contribution in [-0.2, 0) is 0 Å². The van der Waals surface area contributed by atoms with Gasteiger partial charge < -0.3 is 15.4 Å². The third-order valence-electron chi connectivity index (χ3n) is 4.09. The number of hydrogen-bond acceptors (Lipinski definition) is 6. The maximum Gasteiger partial charge on any atom is 0.159 e. The van der Waals surface area contributed by atoms with Gasteiger partial charge in [-0.1, -0.05) is 19.1 Å². The molecule has 0 radical (unpaired) electrons. The molecule has 7 heteroatoms. The third-order valence-corrected chi connectivity index (χ3v) is 4.09. The van der Waals surface area contributed by atoms with E-state index in [1.807, 2.05) is 55.5 Å². The number of ether oxygens (including phenoxy) is 1. The fraction of sp³-hybridized carbons (Fsp3) is 0.316. The smallest absolute Gasteiger partial charge is 0.159 e. The zero-order chi connectivity index (χ0) is 18.4. The lowest BCUT2D eigenvalue weighted by Gasteiger charge is -2.15. The molecule has 136 valence electrons. The number of anilines is 2. The number of aryl methyl sites for hydroxylation is 1. The van der Waals surface area contributed by atoms with Crippen molar-refractivity contribution in [3.8, 4) is 11.4 Å². The Kier molecular flexibility index (Phi) is 5.68. The number of aromatic nitrogens is 4. The molecule has 0 aliphatic carbocycles. The van der Waals surface area contributed by atoms with E-state index in [0.717, 1.165) is 35.1 Å². The second-order valence-electron chi connectivity index (χ2n) is 6.14. The molecule has 1 aromatic heterocycles. The van der Waals surface area contributed by atoms with Crippen LogP contribution in [0.15, 0.2) is 48.5 Å². The Balaban J connectivity index is 1.59. The van der Waals surface area contributed by atoms with E-state index in [-0.39, 0.29) is 0 Å². The molecular weight excluding hydrogens is 328 g/mol. The fourth-order valence-corrected chi connectivity index (χ4v) is 2.48. The van der Waals surface area contributed by atoms with Crippen LogP contribution in [0.4, 0.5) is 11.4 Å². The Labute approximate surface area is 153 Å². The first-order valence-electron chi connectivity index (χ1n) is 8.74. The molecule has 1 heterocycles. The van der Waals surface area contributed by atoms with Gasteiger partial charge in [0.2, 0.25) is 0 Å². The maximum atomic E-state index is 5.82. The van der Waals surface area contributed by atoms with Crippen LogP contribution in [0.25, 0.3) is 5.69 Å². The lowest BCUT2D eigenvalue weighted by Crippen LogP contribution is -2.13. The van der Waals surface area contributed by atoms with Crippen molar-refractivity contribution >= 4 is 11.4 Å². The van der Waals surface area contributed by atoms with Crippen molar-refractivity contribution in [1.82, 2.24) is 20.2 Å². The molecular formula is C19H24N6O. The van der Waals surface area contributed by atoms with Crippen molar-refractivity contribution in [2.45, 2.75) is 33.2 Å². The zero-order valence-corrected chi connectivity index (χ0v) is 15.3. The summed E-state index contributed by atoms with van der Waals surface area (Å²) in [6.45, 7) is 6.55. The molecule has 2 aromatic carbocycles. The van der Waals surface area contributed by atoms with Crippen LogP contribution in [0.5, 0.6) is 5.75 Å². The monoisotopic (exact) mass is 352 g/mol. The molecule has 0 spiro atoms. The number of nitrogens with zero attached hydrogens (tertiary/aromatic N) is 4. The molecule has 3 aromatic rings. The van der Waals surface area contributed by atoms with E-state index in [1.54, 1.807) is 4.68 Å². The molecule has 3 rings (SSSR count). The highest BCUT2D eigenvalue weighted by molar-refractivity contribution is 5.51. The minimum absolute atomic E-state index is 0.366. The second kappa shape index (κ2) is 8.33. The van der Waals surface area contributed by atoms with Gasteiger partial charge in [0.05, 0.1) is 5.69 Å². The van der Waals surface area contributed by atoms with E-state index >= 15 is 0 Å². The first-order chi connectivity index (χ1) is 12.7. The molecule has 1 unspecified atom stereocenters. The van der Waals surface area contributed by atoms with Crippen molar-refractivity contribution in [3.63, 3.8) is 0 Å². The molecule has 0 aliphatic heterocycles. The molecule has 0 saturated heterocycles. The summed E-state index contributed by atoms with van der Waals surface area (Å²) >= 11 is 0. The summed E-state index contributed by atoms with van der Waals surface area (Å²) in [5.74, 6) is 1.56. The van der Waals surface area contributed by atoms with Gasteiger partial charge in [0.1, 0.15) is 5.75 Å². The van der Waals surface area contributed by atoms with Crippen LogP contribution in [0.3, 0.4) is 0 Å². The fourth-order valence-electron chi connectivity index (χ4n) is 2.48. The van der Waals surface area contributed by atoms with Gasteiger partial charge in [0.15, 0.2) is 12.6 Å². The van der Waals surface area contributed by atoms with Gasteiger partial charge in [-0.15, -0.1) is 5.10 Å². The summed E-state index contributed by atoms with van der Waals surface area (Å²) < 4.78 is 7.51. The van der Waals surface area contributed by atoms with E-state index < -0.39 is 0 Å². The quantitative estimate of drug-likeness (QED) is 0.603. The summed E-state index contributed by atoms with van der Waals surface area (Å²) in [6, 6.07) is 16.3. The summed E-state index contributed by atoms with van der Waals surface area (Å²) in [5.41, 5.74) is 2.90. The van der Waals surface area contributed by atoms with Crippen molar-refractivity contribution in [2.75, 3.05) is 17.4 Å². The number of rotatable bonds is 8. The highest BCUT2D eigenvalue weighted by Gasteiger charge is 2.04. The molecule has 1 atom stereocenters. The van der Waals surface area contributed by atoms with E-state index in [0.29, 0.717) is 12.8 Å². The van der Waals surface area contributed by atoms with Gasteiger partial charge in [0, 0.05) is 23.5 Å². The second-order valence-corrected chi connectivity index (χ2v) is 6.14. The summed E-state index contributed by atoms with van der Waals surface area (Å²) in [5, 5.41) is 18.3. The topological polar surface area (TPSA) is 76.9 Å². The standard InChI is InChI=1S/C19H24N6O/c1-4-14(2)21-17-8-6-10-19(12-17)26-13-20-16-7-5-9-18(11-16)25-15(3)22-23-24-25/h5-12,14,20-21H,4,13H2,1-3H3. The molecule has 0 fully saturated rings. The highest BCUT2D eigenvalue weighted by Crippen LogP contribution is 2.19. The van der Waals surface area contributed by atoms with Gasteiger partial charge in [0.25, 0.3) is 0 Å². The van der Waals surface area contributed by atoms with Crippen LogP contribution in [0, 0.1) is 6.92 Å². The van der Waals surface area contributed by atoms with E-state index in [9.17, 15) is 0 Å². The Morgan fingerprint density at radius 1 is 1.12 bits per heavy atom. The van der Waals surface area contributed by atoms with E-state index in [4.69, 9.17) is 4.74 Å².